The molecule has 98 valence electrons. The van der Waals surface area contributed by atoms with E-state index in [0.29, 0.717) is 6.04 Å². The van der Waals surface area contributed by atoms with Crippen LogP contribution in [0.15, 0.2) is 46.7 Å². The molecule has 1 aliphatic rings. The first-order valence-electron chi connectivity index (χ1n) is 6.36. The second-order valence-corrected chi connectivity index (χ2v) is 5.50. The summed E-state index contributed by atoms with van der Waals surface area (Å²) in [6.07, 6.45) is 12.4. The third kappa shape index (κ3) is 2.56. The summed E-state index contributed by atoms with van der Waals surface area (Å²) in [4.78, 5) is 4.57. The highest BCUT2D eigenvalue weighted by Gasteiger charge is 2.11. The van der Waals surface area contributed by atoms with Crippen molar-refractivity contribution in [2.24, 2.45) is 0 Å². The Morgan fingerprint density at radius 2 is 2.37 bits per heavy atom. The van der Waals surface area contributed by atoms with E-state index < -0.39 is 0 Å². The topological polar surface area (TPSA) is 42.2 Å². The van der Waals surface area contributed by atoms with Crippen LogP contribution in [-0.4, -0.2) is 20.6 Å². The molecule has 0 fully saturated rings. The van der Waals surface area contributed by atoms with Crippen molar-refractivity contribution >= 4 is 27.4 Å². The number of nitrogens with zero attached hydrogens (tertiary/aromatic N) is 3. The summed E-state index contributed by atoms with van der Waals surface area (Å²) in [6, 6.07) is 2.24. The average Bonchev–Trinajstić information content (AvgIpc) is 2.81. The molecule has 1 atom stereocenters. The lowest BCUT2D eigenvalue weighted by molar-refractivity contribution is 0.814. The summed E-state index contributed by atoms with van der Waals surface area (Å²) in [5, 5.41) is 7.63. The van der Waals surface area contributed by atoms with Gasteiger partial charge in [-0.15, -0.1) is 0 Å². The molecule has 19 heavy (non-hydrogen) atoms. The normalized spacial score (nSPS) is 16.4. The second-order valence-electron chi connectivity index (χ2n) is 4.65. The molecule has 3 rings (SSSR count). The molecule has 0 saturated heterocycles. The van der Waals surface area contributed by atoms with Crippen LogP contribution in [-0.2, 0) is 0 Å². The molecular weight excluding hydrogens is 304 g/mol. The third-order valence-corrected chi connectivity index (χ3v) is 3.85. The molecule has 0 unspecified atom stereocenters. The quantitative estimate of drug-likeness (QED) is 0.940. The zero-order valence-corrected chi connectivity index (χ0v) is 12.3. The third-order valence-electron chi connectivity index (χ3n) is 3.29. The Bertz CT molecular complexity index is 657. The van der Waals surface area contributed by atoms with E-state index in [1.807, 2.05) is 12.3 Å². The summed E-state index contributed by atoms with van der Waals surface area (Å²) in [5.41, 5.74) is 2.24. The second kappa shape index (κ2) is 5.17. The van der Waals surface area contributed by atoms with Crippen LogP contribution < -0.4 is 5.32 Å². The molecule has 1 N–H and O–H groups in total. The van der Waals surface area contributed by atoms with Gasteiger partial charge >= 0.3 is 0 Å². The summed E-state index contributed by atoms with van der Waals surface area (Å²) in [6.45, 7) is 2.17. The van der Waals surface area contributed by atoms with E-state index in [2.05, 4.69) is 56.5 Å². The number of halogens is 1. The molecule has 2 aromatic heterocycles. The first kappa shape index (κ1) is 12.4. The minimum absolute atomic E-state index is 0.293. The molecule has 0 aliphatic heterocycles. The highest BCUT2D eigenvalue weighted by atomic mass is 79.9. The van der Waals surface area contributed by atoms with Crippen molar-refractivity contribution < 1.29 is 0 Å². The van der Waals surface area contributed by atoms with Gasteiger partial charge in [0, 0.05) is 12.2 Å². The maximum Gasteiger partial charge on any atom is 0.171 e. The number of rotatable bonds is 3. The van der Waals surface area contributed by atoms with Crippen molar-refractivity contribution in [3.8, 4) is 0 Å². The fourth-order valence-corrected chi connectivity index (χ4v) is 2.58. The Balaban J connectivity index is 1.82. The molecular formula is C14H15BrN4. The standard InChI is InChI=1S/C14H15BrN4/c1-10(11-5-3-2-4-6-11)17-13-7-8-19-14(18-13)12(15)9-16-19/h2-3,5,7-10H,4,6H2,1H3,(H,17,18)/t10-/m1/s1. The predicted molar refractivity (Wildman–Crippen MR) is 80.2 cm³/mol. The van der Waals surface area contributed by atoms with Gasteiger partial charge in [-0.2, -0.15) is 5.10 Å². The molecule has 0 amide bonds. The predicted octanol–water partition coefficient (Wildman–Crippen LogP) is 3.57. The van der Waals surface area contributed by atoms with Gasteiger partial charge < -0.3 is 5.32 Å². The van der Waals surface area contributed by atoms with Gasteiger partial charge in [0.1, 0.15) is 5.82 Å². The molecule has 2 heterocycles. The zero-order chi connectivity index (χ0) is 13.2. The molecule has 2 aromatic rings. The van der Waals surface area contributed by atoms with Gasteiger partial charge in [0.2, 0.25) is 0 Å². The van der Waals surface area contributed by atoms with Crippen LogP contribution in [0.5, 0.6) is 0 Å². The molecule has 0 saturated carbocycles. The van der Waals surface area contributed by atoms with Gasteiger partial charge in [-0.25, -0.2) is 9.50 Å². The van der Waals surface area contributed by atoms with Crippen molar-refractivity contribution in [1.29, 1.82) is 0 Å². The Kier molecular flexibility index (Phi) is 3.38. The molecule has 5 heteroatoms. The van der Waals surface area contributed by atoms with Gasteiger partial charge in [-0.3, -0.25) is 0 Å². The monoisotopic (exact) mass is 318 g/mol. The summed E-state index contributed by atoms with van der Waals surface area (Å²) < 4.78 is 2.66. The van der Waals surface area contributed by atoms with E-state index in [1.54, 1.807) is 10.7 Å². The lowest BCUT2D eigenvalue weighted by Gasteiger charge is -2.19. The van der Waals surface area contributed by atoms with Crippen molar-refractivity contribution in [3.63, 3.8) is 0 Å². The van der Waals surface area contributed by atoms with Crippen molar-refractivity contribution in [1.82, 2.24) is 14.6 Å². The van der Waals surface area contributed by atoms with Gasteiger partial charge in [0.25, 0.3) is 0 Å². The number of allylic oxidation sites excluding steroid dienone is 3. The van der Waals surface area contributed by atoms with E-state index in [-0.39, 0.29) is 0 Å². The fourth-order valence-electron chi connectivity index (χ4n) is 2.22. The highest BCUT2D eigenvalue weighted by Crippen LogP contribution is 2.20. The van der Waals surface area contributed by atoms with Gasteiger partial charge in [-0.05, 0) is 47.3 Å². The van der Waals surface area contributed by atoms with Crippen LogP contribution >= 0.6 is 15.9 Å². The van der Waals surface area contributed by atoms with E-state index in [1.165, 1.54) is 5.57 Å². The first-order valence-corrected chi connectivity index (χ1v) is 7.15. The van der Waals surface area contributed by atoms with Gasteiger partial charge in [-0.1, -0.05) is 18.2 Å². The number of fused-ring (bicyclic) bond motifs is 1. The van der Waals surface area contributed by atoms with Gasteiger partial charge in [0.15, 0.2) is 5.65 Å². The van der Waals surface area contributed by atoms with E-state index in [4.69, 9.17) is 0 Å². The fraction of sp³-hybridized carbons (Fsp3) is 0.286. The molecule has 0 spiro atoms. The lowest BCUT2D eigenvalue weighted by Crippen LogP contribution is -2.19. The van der Waals surface area contributed by atoms with Crippen LogP contribution in [0.1, 0.15) is 19.8 Å². The molecule has 4 nitrogen and oxygen atoms in total. The Morgan fingerprint density at radius 3 is 3.16 bits per heavy atom. The van der Waals surface area contributed by atoms with Crippen LogP contribution in [0.4, 0.5) is 5.82 Å². The van der Waals surface area contributed by atoms with Gasteiger partial charge in [0.05, 0.1) is 10.7 Å². The minimum atomic E-state index is 0.293. The number of anilines is 1. The van der Waals surface area contributed by atoms with E-state index in [9.17, 15) is 0 Å². The van der Waals surface area contributed by atoms with E-state index in [0.717, 1.165) is 28.8 Å². The number of nitrogens with one attached hydrogen (secondary N) is 1. The lowest BCUT2D eigenvalue weighted by atomic mass is 9.99. The maximum atomic E-state index is 4.57. The molecule has 0 bridgehead atoms. The molecule has 1 aliphatic carbocycles. The van der Waals surface area contributed by atoms with Crippen LogP contribution in [0, 0.1) is 0 Å². The van der Waals surface area contributed by atoms with E-state index >= 15 is 0 Å². The maximum absolute atomic E-state index is 4.57. The Hall–Kier alpha value is -1.62. The summed E-state index contributed by atoms with van der Waals surface area (Å²) in [5.74, 6) is 0.872. The molecule has 0 radical (unpaired) electrons. The zero-order valence-electron chi connectivity index (χ0n) is 10.7. The minimum Gasteiger partial charge on any atom is -0.364 e. The number of hydrogen-bond donors (Lipinski definition) is 1. The van der Waals surface area contributed by atoms with Crippen molar-refractivity contribution in [3.05, 3.63) is 46.7 Å². The van der Waals surface area contributed by atoms with Crippen LogP contribution in [0.3, 0.4) is 0 Å². The smallest absolute Gasteiger partial charge is 0.171 e. The van der Waals surface area contributed by atoms with Crippen LogP contribution in [0.25, 0.3) is 5.65 Å². The van der Waals surface area contributed by atoms with Crippen LogP contribution in [0.2, 0.25) is 0 Å². The number of aromatic nitrogens is 3. The summed E-state index contributed by atoms with van der Waals surface area (Å²) >= 11 is 3.45. The SMILES string of the molecule is C[C@@H](Nc1ccn2ncc(Br)c2n1)C1=CC=CCC1. The number of hydrogen-bond acceptors (Lipinski definition) is 3. The van der Waals surface area contributed by atoms with Crippen molar-refractivity contribution in [2.45, 2.75) is 25.8 Å². The molecule has 0 aromatic carbocycles. The average molecular weight is 319 g/mol. The Morgan fingerprint density at radius 1 is 1.47 bits per heavy atom. The highest BCUT2D eigenvalue weighted by molar-refractivity contribution is 9.10. The summed E-state index contributed by atoms with van der Waals surface area (Å²) in [7, 11) is 0. The largest absolute Gasteiger partial charge is 0.364 e. The first-order chi connectivity index (χ1) is 9.24. The van der Waals surface area contributed by atoms with Crippen molar-refractivity contribution in [2.75, 3.05) is 5.32 Å². The Labute approximate surface area is 120 Å².